The largest absolute Gasteiger partial charge is 0.493 e. The Morgan fingerprint density at radius 3 is 2.51 bits per heavy atom. The van der Waals surface area contributed by atoms with Crippen LogP contribution in [0.5, 0.6) is 11.5 Å². The van der Waals surface area contributed by atoms with E-state index in [1.54, 1.807) is 31.2 Å². The highest BCUT2D eigenvalue weighted by Gasteiger charge is 2.70. The molecule has 0 aliphatic carbocycles. The second-order valence-corrected chi connectivity index (χ2v) is 10.0. The van der Waals surface area contributed by atoms with Crippen LogP contribution in [0.25, 0.3) is 0 Å². The maximum absolute atomic E-state index is 13.9. The lowest BCUT2D eigenvalue weighted by molar-refractivity contribution is -0.142. The number of amides is 4. The van der Waals surface area contributed by atoms with Gasteiger partial charge in [-0.2, -0.15) is 0 Å². The average Bonchev–Trinajstić information content (AvgIpc) is 3.42. The van der Waals surface area contributed by atoms with Gasteiger partial charge in [0.05, 0.1) is 26.1 Å². The van der Waals surface area contributed by atoms with Gasteiger partial charge in [0.2, 0.25) is 23.6 Å². The number of aryl methyl sites for hydroxylation is 1. The van der Waals surface area contributed by atoms with Crippen molar-refractivity contribution in [3.05, 3.63) is 52.0 Å². The number of carbonyl (C=O) groups is 4. The number of fused-ring (bicyclic) bond motifs is 4. The van der Waals surface area contributed by atoms with Gasteiger partial charge in [-0.25, -0.2) is 0 Å². The second-order valence-electron chi connectivity index (χ2n) is 9.60. The van der Waals surface area contributed by atoms with Crippen LogP contribution in [-0.2, 0) is 31.1 Å². The summed E-state index contributed by atoms with van der Waals surface area (Å²) in [5, 5.41) is 6.43. The minimum absolute atomic E-state index is 0.0998. The van der Waals surface area contributed by atoms with E-state index in [2.05, 4.69) is 10.6 Å². The van der Waals surface area contributed by atoms with E-state index in [1.807, 2.05) is 6.07 Å². The molecular formula is C26H27ClN4O6. The van der Waals surface area contributed by atoms with Crippen molar-refractivity contribution in [1.82, 2.24) is 10.2 Å². The Morgan fingerprint density at radius 2 is 1.84 bits per heavy atom. The van der Waals surface area contributed by atoms with Gasteiger partial charge in [-0.3, -0.25) is 29.4 Å². The van der Waals surface area contributed by atoms with Crippen LogP contribution < -0.4 is 25.8 Å². The van der Waals surface area contributed by atoms with Crippen LogP contribution in [-0.4, -0.2) is 55.3 Å². The van der Waals surface area contributed by atoms with Crippen molar-refractivity contribution in [3.8, 4) is 11.5 Å². The van der Waals surface area contributed by atoms with Crippen molar-refractivity contribution >= 4 is 40.9 Å². The van der Waals surface area contributed by atoms with E-state index in [1.165, 1.54) is 19.1 Å². The fourth-order valence-corrected chi connectivity index (χ4v) is 6.26. The highest BCUT2D eigenvalue weighted by atomic mass is 35.5. The molecule has 2 fully saturated rings. The standard InChI is InChI=1S/C26H27ClN4O6/c1-12-8-14(27)10-15-22(12)29-25(35)26(15)21-20(16(30-26)11-19(28)32)23(33)31(24(21)34)7-6-13-4-5-17(36-2)18(9-13)37-3/h4-5,8-10,16,20-21,30H,6-7,11H2,1-3H3,(H2,28,32)(H,29,35)/t16-,20-,21-,26+/m1/s1. The maximum Gasteiger partial charge on any atom is 0.250 e. The van der Waals surface area contributed by atoms with Crippen molar-refractivity contribution in [3.63, 3.8) is 0 Å². The second kappa shape index (κ2) is 9.04. The Morgan fingerprint density at radius 1 is 1.11 bits per heavy atom. The summed E-state index contributed by atoms with van der Waals surface area (Å²) in [7, 11) is 3.07. The molecule has 0 aromatic heterocycles. The molecular weight excluding hydrogens is 500 g/mol. The molecule has 4 N–H and O–H groups in total. The van der Waals surface area contributed by atoms with Gasteiger partial charge >= 0.3 is 0 Å². The van der Waals surface area contributed by atoms with Crippen molar-refractivity contribution in [2.45, 2.75) is 31.3 Å². The zero-order valence-electron chi connectivity index (χ0n) is 20.6. The maximum atomic E-state index is 13.9. The molecule has 3 aliphatic rings. The number of imide groups is 1. The van der Waals surface area contributed by atoms with Crippen LogP contribution >= 0.6 is 11.6 Å². The molecule has 2 saturated heterocycles. The zero-order valence-corrected chi connectivity index (χ0v) is 21.3. The first kappa shape index (κ1) is 25.0. The molecule has 0 unspecified atom stereocenters. The van der Waals surface area contributed by atoms with Gasteiger partial charge < -0.3 is 20.5 Å². The van der Waals surface area contributed by atoms with Crippen LogP contribution in [0.4, 0.5) is 5.69 Å². The highest BCUT2D eigenvalue weighted by Crippen LogP contribution is 2.54. The summed E-state index contributed by atoms with van der Waals surface area (Å²) < 4.78 is 10.6. The number of nitrogens with one attached hydrogen (secondary N) is 2. The summed E-state index contributed by atoms with van der Waals surface area (Å²) in [6, 6.07) is 7.92. The number of rotatable bonds is 7. The first-order valence-corrected chi connectivity index (χ1v) is 12.2. The highest BCUT2D eigenvalue weighted by molar-refractivity contribution is 6.31. The number of hydrogen-bond donors (Lipinski definition) is 3. The number of primary amides is 1. The van der Waals surface area contributed by atoms with E-state index >= 15 is 0 Å². The molecule has 0 bridgehead atoms. The normalized spacial score (nSPS) is 25.9. The monoisotopic (exact) mass is 526 g/mol. The minimum atomic E-state index is -1.54. The van der Waals surface area contributed by atoms with E-state index < -0.39 is 47.0 Å². The smallest absolute Gasteiger partial charge is 0.250 e. The lowest BCUT2D eigenvalue weighted by Crippen LogP contribution is -2.53. The van der Waals surface area contributed by atoms with Gasteiger partial charge in [-0.15, -0.1) is 0 Å². The molecule has 11 heteroatoms. The predicted molar refractivity (Wildman–Crippen MR) is 134 cm³/mol. The fraction of sp³-hybridized carbons (Fsp3) is 0.385. The average molecular weight is 527 g/mol. The van der Waals surface area contributed by atoms with Crippen LogP contribution in [0.1, 0.15) is 23.1 Å². The zero-order chi connectivity index (χ0) is 26.6. The number of anilines is 1. The van der Waals surface area contributed by atoms with E-state index in [0.29, 0.717) is 34.2 Å². The molecule has 5 rings (SSSR count). The third kappa shape index (κ3) is 3.74. The van der Waals surface area contributed by atoms with Crippen LogP contribution in [0, 0.1) is 18.8 Å². The minimum Gasteiger partial charge on any atom is -0.493 e. The summed E-state index contributed by atoms with van der Waals surface area (Å²) in [5.74, 6) is -2.89. The number of nitrogens with zero attached hydrogens (tertiary/aromatic N) is 1. The summed E-state index contributed by atoms with van der Waals surface area (Å²) in [6.45, 7) is 1.90. The van der Waals surface area contributed by atoms with Crippen LogP contribution in [0.3, 0.4) is 0 Å². The molecule has 10 nitrogen and oxygen atoms in total. The first-order chi connectivity index (χ1) is 17.6. The molecule has 37 heavy (non-hydrogen) atoms. The Hall–Kier alpha value is -3.63. The van der Waals surface area contributed by atoms with Crippen LogP contribution in [0.2, 0.25) is 5.02 Å². The van der Waals surface area contributed by atoms with Crippen molar-refractivity contribution in [1.29, 1.82) is 0 Å². The SMILES string of the molecule is COc1ccc(CCN2C(=O)[C@@H]3[C@@H](CC(N)=O)N[C@]4(C(=O)Nc5c(C)cc(Cl)cc54)[C@H]3C2=O)cc1OC. The molecule has 4 atom stereocenters. The van der Waals surface area contributed by atoms with Gasteiger partial charge in [-0.05, 0) is 48.7 Å². The number of likely N-dealkylation sites (tertiary alicyclic amines) is 1. The van der Waals surface area contributed by atoms with Crippen molar-refractivity contribution in [2.24, 2.45) is 17.6 Å². The van der Waals surface area contributed by atoms with Gasteiger partial charge in [0.25, 0.3) is 0 Å². The van der Waals surface area contributed by atoms with E-state index in [9.17, 15) is 19.2 Å². The molecule has 0 radical (unpaired) electrons. The first-order valence-electron chi connectivity index (χ1n) is 11.9. The molecule has 194 valence electrons. The summed E-state index contributed by atoms with van der Waals surface area (Å²) in [6.07, 6.45) is 0.166. The fourth-order valence-electron chi connectivity index (χ4n) is 5.98. The molecule has 2 aromatic carbocycles. The van der Waals surface area contributed by atoms with Gasteiger partial charge in [-0.1, -0.05) is 17.7 Å². The topological polar surface area (TPSA) is 140 Å². The predicted octanol–water partition coefficient (Wildman–Crippen LogP) is 1.50. The molecule has 0 saturated carbocycles. The quantitative estimate of drug-likeness (QED) is 0.464. The Balaban J connectivity index is 1.51. The van der Waals surface area contributed by atoms with Gasteiger partial charge in [0.15, 0.2) is 11.5 Å². The number of ether oxygens (including phenoxy) is 2. The van der Waals surface area contributed by atoms with Gasteiger partial charge in [0, 0.05) is 35.3 Å². The lowest BCUT2D eigenvalue weighted by atomic mass is 9.76. The third-order valence-corrected chi connectivity index (χ3v) is 7.79. The van der Waals surface area contributed by atoms with Crippen molar-refractivity contribution < 1.29 is 28.7 Å². The summed E-state index contributed by atoms with van der Waals surface area (Å²) in [5.41, 5.74) is 6.55. The molecule has 4 amide bonds. The summed E-state index contributed by atoms with van der Waals surface area (Å²) >= 11 is 6.34. The Kier molecular flexibility index (Phi) is 6.12. The number of nitrogens with two attached hydrogens (primary N) is 1. The molecule has 1 spiro atoms. The number of methoxy groups -OCH3 is 2. The molecule has 3 heterocycles. The number of hydrogen-bond acceptors (Lipinski definition) is 7. The molecule has 3 aliphatic heterocycles. The number of benzene rings is 2. The number of carbonyl (C=O) groups excluding carboxylic acids is 4. The molecule has 2 aromatic rings. The van der Waals surface area contributed by atoms with E-state index in [4.69, 9.17) is 26.8 Å². The lowest BCUT2D eigenvalue weighted by Gasteiger charge is -2.29. The number of halogens is 1. The van der Waals surface area contributed by atoms with Gasteiger partial charge in [0.1, 0.15) is 5.54 Å². The van der Waals surface area contributed by atoms with Crippen molar-refractivity contribution in [2.75, 3.05) is 26.1 Å². The Labute approximate surface area is 218 Å². The van der Waals surface area contributed by atoms with Crippen LogP contribution in [0.15, 0.2) is 30.3 Å². The third-order valence-electron chi connectivity index (χ3n) is 7.57. The van der Waals surface area contributed by atoms with E-state index in [-0.39, 0.29) is 13.0 Å². The van der Waals surface area contributed by atoms with E-state index in [0.717, 1.165) is 11.1 Å². The Bertz CT molecular complexity index is 1350. The summed E-state index contributed by atoms with van der Waals surface area (Å²) in [4.78, 5) is 54.1.